The largest absolute Gasteiger partial charge is 0.223 e. The minimum absolute atomic E-state index is 0.112. The maximum absolute atomic E-state index is 13.0. The third-order valence-corrected chi connectivity index (χ3v) is 6.79. The Morgan fingerprint density at radius 3 is 2.43 bits per heavy atom. The van der Waals surface area contributed by atoms with Gasteiger partial charge in [-0.15, -0.1) is 0 Å². The molecule has 0 heterocycles. The number of halogens is 1. The highest BCUT2D eigenvalue weighted by Gasteiger charge is 2.37. The van der Waals surface area contributed by atoms with Crippen molar-refractivity contribution in [2.45, 2.75) is 29.9 Å². The minimum Gasteiger partial charge on any atom is -0.223 e. The van der Waals surface area contributed by atoms with Gasteiger partial charge in [0.15, 0.2) is 9.84 Å². The monoisotopic (exact) mass is 320 g/mol. The Labute approximate surface area is 130 Å². The first-order valence-electron chi connectivity index (χ1n) is 7.07. The molecule has 2 aromatic carbocycles. The highest BCUT2D eigenvalue weighted by atomic mass is 35.5. The number of aryl methyl sites for hydroxylation is 1. The summed E-state index contributed by atoms with van der Waals surface area (Å²) in [4.78, 5) is 0.348. The lowest BCUT2D eigenvalue weighted by molar-refractivity contribution is 0.462. The molecule has 0 saturated heterocycles. The Balaban J connectivity index is 2.12. The molecule has 4 heteroatoms. The van der Waals surface area contributed by atoms with Crippen LogP contribution < -0.4 is 0 Å². The van der Waals surface area contributed by atoms with Gasteiger partial charge >= 0.3 is 0 Å². The molecule has 0 saturated carbocycles. The Kier molecular flexibility index (Phi) is 3.80. The van der Waals surface area contributed by atoms with Gasteiger partial charge in [-0.3, -0.25) is 0 Å². The van der Waals surface area contributed by atoms with Crippen molar-refractivity contribution in [3.8, 4) is 0 Å². The van der Waals surface area contributed by atoms with Gasteiger partial charge in [-0.05, 0) is 54.2 Å². The maximum atomic E-state index is 13.0. The molecular weight excluding hydrogens is 304 g/mol. The van der Waals surface area contributed by atoms with Gasteiger partial charge in [0.05, 0.1) is 10.1 Å². The normalized spacial score (nSPS) is 21.8. The van der Waals surface area contributed by atoms with Crippen molar-refractivity contribution in [2.24, 2.45) is 5.92 Å². The van der Waals surface area contributed by atoms with Gasteiger partial charge in [0.25, 0.3) is 0 Å². The first kappa shape index (κ1) is 14.6. The summed E-state index contributed by atoms with van der Waals surface area (Å²) in [6, 6.07) is 14.3. The van der Waals surface area contributed by atoms with E-state index >= 15 is 0 Å². The van der Waals surface area contributed by atoms with Crippen LogP contribution in [0.3, 0.4) is 0 Å². The number of sulfone groups is 1. The van der Waals surface area contributed by atoms with Crippen molar-refractivity contribution in [1.29, 1.82) is 0 Å². The summed E-state index contributed by atoms with van der Waals surface area (Å²) in [5.41, 5.74) is 2.10. The topological polar surface area (TPSA) is 34.1 Å². The zero-order valence-electron chi connectivity index (χ0n) is 11.8. The zero-order valence-corrected chi connectivity index (χ0v) is 13.4. The van der Waals surface area contributed by atoms with Crippen LogP contribution in [-0.2, 0) is 16.3 Å². The number of hydrogen-bond acceptors (Lipinski definition) is 2. The van der Waals surface area contributed by atoms with E-state index in [-0.39, 0.29) is 5.92 Å². The predicted molar refractivity (Wildman–Crippen MR) is 85.3 cm³/mol. The second-order valence-electron chi connectivity index (χ2n) is 5.63. The van der Waals surface area contributed by atoms with Crippen LogP contribution in [-0.4, -0.2) is 8.42 Å². The average Bonchev–Trinajstić information content (AvgIpc) is 2.47. The molecular formula is C17H17ClO2S. The molecule has 110 valence electrons. The van der Waals surface area contributed by atoms with Crippen LogP contribution in [0.4, 0.5) is 0 Å². The summed E-state index contributed by atoms with van der Waals surface area (Å²) >= 11 is 5.86. The lowest BCUT2D eigenvalue weighted by Gasteiger charge is -2.31. The van der Waals surface area contributed by atoms with E-state index in [1.807, 2.05) is 31.2 Å². The molecule has 0 aliphatic heterocycles. The summed E-state index contributed by atoms with van der Waals surface area (Å²) in [6.45, 7) is 2.02. The van der Waals surface area contributed by atoms with Crippen LogP contribution >= 0.6 is 11.6 Å². The van der Waals surface area contributed by atoms with E-state index in [2.05, 4.69) is 0 Å². The maximum Gasteiger partial charge on any atom is 0.185 e. The lowest BCUT2D eigenvalue weighted by atomic mass is 9.84. The number of fused-ring (bicyclic) bond motifs is 1. The van der Waals surface area contributed by atoms with Crippen LogP contribution in [0.1, 0.15) is 29.7 Å². The zero-order chi connectivity index (χ0) is 15.0. The van der Waals surface area contributed by atoms with Crippen molar-refractivity contribution >= 4 is 21.4 Å². The summed E-state index contributed by atoms with van der Waals surface area (Å²) in [6.07, 6.45) is 1.85. The van der Waals surface area contributed by atoms with E-state index in [1.165, 1.54) is 0 Å². The van der Waals surface area contributed by atoms with E-state index in [0.29, 0.717) is 9.92 Å². The van der Waals surface area contributed by atoms with Crippen molar-refractivity contribution in [3.63, 3.8) is 0 Å². The molecule has 0 bridgehead atoms. The van der Waals surface area contributed by atoms with E-state index in [0.717, 1.165) is 24.0 Å². The molecule has 2 aromatic rings. The highest BCUT2D eigenvalue weighted by molar-refractivity contribution is 7.91. The molecule has 1 aliphatic carbocycles. The molecule has 2 nitrogen and oxygen atoms in total. The predicted octanol–water partition coefficient (Wildman–Crippen LogP) is 4.44. The van der Waals surface area contributed by atoms with Gasteiger partial charge in [-0.25, -0.2) is 8.42 Å². The van der Waals surface area contributed by atoms with Gasteiger partial charge in [0.2, 0.25) is 0 Å². The Hall–Kier alpha value is -1.32. The van der Waals surface area contributed by atoms with E-state index in [4.69, 9.17) is 11.6 Å². The first-order valence-corrected chi connectivity index (χ1v) is 9.00. The van der Waals surface area contributed by atoms with Crippen molar-refractivity contribution < 1.29 is 8.42 Å². The second-order valence-corrected chi connectivity index (χ2v) is 8.14. The summed E-state index contributed by atoms with van der Waals surface area (Å²) in [5, 5.41) is 0.0784. The molecule has 2 atom stereocenters. The third-order valence-electron chi connectivity index (χ3n) is 4.22. The summed E-state index contributed by atoms with van der Waals surface area (Å²) < 4.78 is 26.1. The molecule has 0 fully saturated rings. The van der Waals surface area contributed by atoms with Crippen LogP contribution in [0.25, 0.3) is 0 Å². The number of hydrogen-bond donors (Lipinski definition) is 0. The molecule has 0 aromatic heterocycles. The van der Waals surface area contributed by atoms with Crippen molar-refractivity contribution in [1.82, 2.24) is 0 Å². The van der Waals surface area contributed by atoms with Crippen molar-refractivity contribution in [2.75, 3.05) is 0 Å². The van der Waals surface area contributed by atoms with Gasteiger partial charge in [-0.2, -0.15) is 0 Å². The van der Waals surface area contributed by atoms with Crippen LogP contribution in [0.2, 0.25) is 5.02 Å². The van der Waals surface area contributed by atoms with E-state index in [9.17, 15) is 8.42 Å². The second kappa shape index (κ2) is 5.47. The fourth-order valence-corrected chi connectivity index (χ4v) is 5.37. The molecule has 1 aliphatic rings. The summed E-state index contributed by atoms with van der Waals surface area (Å²) in [5.74, 6) is 0.112. The molecule has 2 unspecified atom stereocenters. The van der Waals surface area contributed by atoms with E-state index < -0.39 is 15.1 Å². The first-order chi connectivity index (χ1) is 10.00. The Bertz CT molecular complexity index is 751. The van der Waals surface area contributed by atoms with Crippen molar-refractivity contribution in [3.05, 3.63) is 64.7 Å². The van der Waals surface area contributed by atoms with Crippen LogP contribution in [0, 0.1) is 5.92 Å². The lowest BCUT2D eigenvalue weighted by Crippen LogP contribution is -2.26. The van der Waals surface area contributed by atoms with Gasteiger partial charge in [0, 0.05) is 5.02 Å². The molecule has 0 amide bonds. The molecule has 3 rings (SSSR count). The smallest absolute Gasteiger partial charge is 0.185 e. The fraction of sp³-hybridized carbons (Fsp3) is 0.294. The third kappa shape index (κ3) is 2.60. The Morgan fingerprint density at radius 2 is 1.71 bits per heavy atom. The fourth-order valence-electron chi connectivity index (χ4n) is 3.12. The summed E-state index contributed by atoms with van der Waals surface area (Å²) in [7, 11) is -3.40. The molecule has 21 heavy (non-hydrogen) atoms. The number of rotatable bonds is 2. The van der Waals surface area contributed by atoms with Crippen LogP contribution in [0.15, 0.2) is 53.4 Å². The number of benzene rings is 2. The van der Waals surface area contributed by atoms with E-state index in [1.54, 1.807) is 24.3 Å². The SMILES string of the molecule is CC1CCc2ccccc2C1S(=O)(=O)c1ccc(Cl)cc1. The Morgan fingerprint density at radius 1 is 1.05 bits per heavy atom. The van der Waals surface area contributed by atoms with Gasteiger partial charge < -0.3 is 0 Å². The van der Waals surface area contributed by atoms with Crippen LogP contribution in [0.5, 0.6) is 0 Å². The molecule has 0 N–H and O–H groups in total. The van der Waals surface area contributed by atoms with Gasteiger partial charge in [0.1, 0.15) is 0 Å². The minimum atomic E-state index is -3.40. The van der Waals surface area contributed by atoms with Gasteiger partial charge in [-0.1, -0.05) is 42.8 Å². The highest BCUT2D eigenvalue weighted by Crippen LogP contribution is 2.42. The molecule has 0 spiro atoms. The molecule has 0 radical (unpaired) electrons. The standard InChI is InChI=1S/C17H17ClO2S/c1-12-6-7-13-4-2-3-5-16(13)17(12)21(19,20)15-10-8-14(18)9-11-15/h2-5,8-12,17H,6-7H2,1H3. The average molecular weight is 321 g/mol. The quantitative estimate of drug-likeness (QED) is 0.820.